The second-order valence-electron chi connectivity index (χ2n) is 4.53. The summed E-state index contributed by atoms with van der Waals surface area (Å²) in [7, 11) is 1.69. The average molecular weight is 245 g/mol. The van der Waals surface area contributed by atoms with E-state index in [0.717, 1.165) is 31.9 Å². The predicted molar refractivity (Wildman–Crippen MR) is 71.9 cm³/mol. The fourth-order valence-electron chi connectivity index (χ4n) is 2.26. The van der Waals surface area contributed by atoms with E-state index in [1.165, 1.54) is 5.69 Å². The molecule has 1 aromatic rings. The van der Waals surface area contributed by atoms with Crippen LogP contribution in [0.2, 0.25) is 0 Å². The number of hydrogen-bond donors (Lipinski definition) is 0. The minimum absolute atomic E-state index is 0.0115. The molecule has 0 radical (unpaired) electrons. The van der Waals surface area contributed by atoms with Gasteiger partial charge >= 0.3 is 0 Å². The van der Waals surface area contributed by atoms with E-state index in [-0.39, 0.29) is 6.04 Å². The summed E-state index contributed by atoms with van der Waals surface area (Å²) in [4.78, 5) is 4.56. The van der Waals surface area contributed by atoms with Gasteiger partial charge in [-0.3, -0.25) is 4.90 Å². The van der Waals surface area contributed by atoms with Gasteiger partial charge in [-0.1, -0.05) is 6.07 Å². The number of hydrogen-bond acceptors (Lipinski definition) is 4. The average Bonchev–Trinajstić information content (AvgIpc) is 2.46. The Morgan fingerprint density at radius 1 is 1.28 bits per heavy atom. The lowest BCUT2D eigenvalue weighted by Gasteiger charge is -2.37. The van der Waals surface area contributed by atoms with Crippen LogP contribution < -0.4 is 9.64 Å². The Kier molecular flexibility index (Phi) is 4.06. The third-order valence-electron chi connectivity index (χ3n) is 3.47. The molecule has 1 aliphatic heterocycles. The highest BCUT2D eigenvalue weighted by molar-refractivity contribution is 5.51. The monoisotopic (exact) mass is 245 g/mol. The van der Waals surface area contributed by atoms with Gasteiger partial charge in [-0.05, 0) is 19.1 Å². The summed E-state index contributed by atoms with van der Waals surface area (Å²) >= 11 is 0. The Labute approximate surface area is 108 Å². The minimum Gasteiger partial charge on any atom is -0.497 e. The first-order valence-corrected chi connectivity index (χ1v) is 6.27. The maximum atomic E-state index is 8.92. The fraction of sp³-hybridized carbons (Fsp3) is 0.500. The molecule has 1 aliphatic rings. The molecule has 1 aromatic carbocycles. The van der Waals surface area contributed by atoms with Crippen LogP contribution in [-0.2, 0) is 0 Å². The van der Waals surface area contributed by atoms with Crippen LogP contribution >= 0.6 is 0 Å². The number of anilines is 1. The van der Waals surface area contributed by atoms with E-state index in [0.29, 0.717) is 0 Å². The molecular formula is C14H19N3O. The Hall–Kier alpha value is -1.73. The summed E-state index contributed by atoms with van der Waals surface area (Å²) in [6.45, 7) is 5.75. The van der Waals surface area contributed by atoms with Crippen LogP contribution in [-0.4, -0.2) is 44.2 Å². The number of nitriles is 1. The fourth-order valence-corrected chi connectivity index (χ4v) is 2.26. The molecule has 96 valence electrons. The molecule has 1 fully saturated rings. The van der Waals surface area contributed by atoms with Crippen molar-refractivity contribution in [2.75, 3.05) is 38.2 Å². The van der Waals surface area contributed by atoms with E-state index in [1.54, 1.807) is 7.11 Å². The third-order valence-corrected chi connectivity index (χ3v) is 3.47. The SMILES string of the molecule is COc1cccc(N2CCN([C@H](C)C#N)CC2)c1. The molecule has 0 spiro atoms. The first kappa shape index (κ1) is 12.7. The Morgan fingerprint density at radius 3 is 2.61 bits per heavy atom. The number of methoxy groups -OCH3 is 1. The van der Waals surface area contributed by atoms with E-state index in [2.05, 4.69) is 28.0 Å². The van der Waals surface area contributed by atoms with E-state index in [1.807, 2.05) is 19.1 Å². The van der Waals surface area contributed by atoms with Crippen LogP contribution in [0.4, 0.5) is 5.69 Å². The molecule has 0 bridgehead atoms. The Bertz CT molecular complexity index is 433. The quantitative estimate of drug-likeness (QED) is 0.813. The molecule has 0 aliphatic carbocycles. The molecule has 4 nitrogen and oxygen atoms in total. The summed E-state index contributed by atoms with van der Waals surface area (Å²) in [6, 6.07) is 10.4. The first-order valence-electron chi connectivity index (χ1n) is 6.27. The molecule has 0 saturated carbocycles. The highest BCUT2D eigenvalue weighted by Gasteiger charge is 2.20. The lowest BCUT2D eigenvalue weighted by Crippen LogP contribution is -2.49. The maximum absolute atomic E-state index is 8.92. The van der Waals surface area contributed by atoms with Crippen molar-refractivity contribution in [2.24, 2.45) is 0 Å². The molecular weight excluding hydrogens is 226 g/mol. The summed E-state index contributed by atoms with van der Waals surface area (Å²) in [5, 5.41) is 8.92. The number of piperazine rings is 1. The number of rotatable bonds is 3. The van der Waals surface area contributed by atoms with E-state index >= 15 is 0 Å². The number of ether oxygens (including phenoxy) is 1. The van der Waals surface area contributed by atoms with Crippen molar-refractivity contribution in [3.05, 3.63) is 24.3 Å². The van der Waals surface area contributed by atoms with Gasteiger partial charge < -0.3 is 9.64 Å². The van der Waals surface area contributed by atoms with Crippen molar-refractivity contribution in [3.63, 3.8) is 0 Å². The van der Waals surface area contributed by atoms with Crippen LogP contribution in [0.1, 0.15) is 6.92 Å². The topological polar surface area (TPSA) is 39.5 Å². The van der Waals surface area contributed by atoms with Gasteiger partial charge in [-0.2, -0.15) is 5.26 Å². The Morgan fingerprint density at radius 2 is 2.00 bits per heavy atom. The third kappa shape index (κ3) is 2.74. The smallest absolute Gasteiger partial charge is 0.120 e. The van der Waals surface area contributed by atoms with Crippen molar-refractivity contribution >= 4 is 5.69 Å². The van der Waals surface area contributed by atoms with Crippen molar-refractivity contribution in [3.8, 4) is 11.8 Å². The molecule has 0 N–H and O–H groups in total. The molecule has 1 saturated heterocycles. The van der Waals surface area contributed by atoms with Crippen LogP contribution in [0.25, 0.3) is 0 Å². The second-order valence-corrected chi connectivity index (χ2v) is 4.53. The first-order chi connectivity index (χ1) is 8.74. The van der Waals surface area contributed by atoms with Crippen LogP contribution in [0, 0.1) is 11.3 Å². The van der Waals surface area contributed by atoms with Gasteiger partial charge in [0.15, 0.2) is 0 Å². The molecule has 2 rings (SSSR count). The van der Waals surface area contributed by atoms with Gasteiger partial charge in [-0.25, -0.2) is 0 Å². The molecule has 0 amide bonds. The highest BCUT2D eigenvalue weighted by atomic mass is 16.5. The minimum atomic E-state index is 0.0115. The van der Waals surface area contributed by atoms with Gasteiger partial charge in [0, 0.05) is 37.9 Å². The molecule has 18 heavy (non-hydrogen) atoms. The zero-order valence-electron chi connectivity index (χ0n) is 11.0. The number of nitrogens with zero attached hydrogens (tertiary/aromatic N) is 3. The van der Waals surface area contributed by atoms with Crippen molar-refractivity contribution in [1.82, 2.24) is 4.90 Å². The zero-order chi connectivity index (χ0) is 13.0. The summed E-state index contributed by atoms with van der Waals surface area (Å²) in [6.07, 6.45) is 0. The van der Waals surface area contributed by atoms with Crippen LogP contribution in [0.15, 0.2) is 24.3 Å². The van der Waals surface area contributed by atoms with E-state index < -0.39 is 0 Å². The lowest BCUT2D eigenvalue weighted by molar-refractivity contribution is 0.231. The van der Waals surface area contributed by atoms with Gasteiger partial charge in [0.2, 0.25) is 0 Å². The predicted octanol–water partition coefficient (Wildman–Crippen LogP) is 1.73. The van der Waals surface area contributed by atoms with Gasteiger partial charge in [0.05, 0.1) is 19.2 Å². The normalized spacial score (nSPS) is 18.2. The van der Waals surface area contributed by atoms with Crippen molar-refractivity contribution in [2.45, 2.75) is 13.0 Å². The standard InChI is InChI=1S/C14H19N3O/c1-12(11-15)16-6-8-17(9-7-16)13-4-3-5-14(10-13)18-2/h3-5,10,12H,6-9H2,1-2H3/t12-/m1/s1. The maximum Gasteiger partial charge on any atom is 0.120 e. The lowest BCUT2D eigenvalue weighted by atomic mass is 10.2. The molecule has 0 aromatic heterocycles. The molecule has 1 atom stereocenters. The van der Waals surface area contributed by atoms with Crippen LogP contribution in [0.5, 0.6) is 5.75 Å². The van der Waals surface area contributed by atoms with Gasteiger partial charge in [-0.15, -0.1) is 0 Å². The zero-order valence-corrected chi connectivity index (χ0v) is 11.0. The summed E-state index contributed by atoms with van der Waals surface area (Å²) in [5.74, 6) is 0.889. The largest absolute Gasteiger partial charge is 0.497 e. The van der Waals surface area contributed by atoms with Crippen molar-refractivity contribution in [1.29, 1.82) is 5.26 Å². The summed E-state index contributed by atoms with van der Waals surface area (Å²) in [5.41, 5.74) is 1.19. The number of benzene rings is 1. The van der Waals surface area contributed by atoms with Gasteiger partial charge in [0.1, 0.15) is 5.75 Å². The Balaban J connectivity index is 1.99. The van der Waals surface area contributed by atoms with Crippen molar-refractivity contribution < 1.29 is 4.74 Å². The summed E-state index contributed by atoms with van der Waals surface area (Å²) < 4.78 is 5.24. The highest BCUT2D eigenvalue weighted by Crippen LogP contribution is 2.22. The molecule has 4 heteroatoms. The molecule has 1 heterocycles. The van der Waals surface area contributed by atoms with E-state index in [9.17, 15) is 0 Å². The second kappa shape index (κ2) is 5.74. The van der Waals surface area contributed by atoms with Gasteiger partial charge in [0.25, 0.3) is 0 Å². The van der Waals surface area contributed by atoms with Crippen LogP contribution in [0.3, 0.4) is 0 Å². The molecule has 0 unspecified atom stereocenters. The van der Waals surface area contributed by atoms with E-state index in [4.69, 9.17) is 10.00 Å².